The van der Waals surface area contributed by atoms with Gasteiger partial charge in [0.2, 0.25) is 0 Å². The third kappa shape index (κ3) is 2.43. The van der Waals surface area contributed by atoms with Gasteiger partial charge in [0.15, 0.2) is 11.6 Å². The molecule has 2 rings (SSSR count). The van der Waals surface area contributed by atoms with Gasteiger partial charge in [-0.2, -0.15) is 5.10 Å². The van der Waals surface area contributed by atoms with Crippen LogP contribution in [0, 0.1) is 5.82 Å². The number of nitrogens with two attached hydrogens (primary N) is 1. The van der Waals surface area contributed by atoms with Crippen LogP contribution < -0.4 is 10.5 Å². The summed E-state index contributed by atoms with van der Waals surface area (Å²) in [5, 5.41) is 16.2. The summed E-state index contributed by atoms with van der Waals surface area (Å²) >= 11 is 0. The summed E-state index contributed by atoms with van der Waals surface area (Å²) in [6.45, 7) is 0. The normalized spacial score (nSPS) is 12.4. The van der Waals surface area contributed by atoms with Crippen molar-refractivity contribution in [3.63, 3.8) is 0 Å². The zero-order valence-electron chi connectivity index (χ0n) is 9.85. The number of nitrogens with zero attached hydrogens (tertiary/aromatic N) is 1. The minimum Gasteiger partial charge on any atom is -0.494 e. The Balaban J connectivity index is 2.15. The Hall–Kier alpha value is -2.08. The molecule has 0 bridgehead atoms. The van der Waals surface area contributed by atoms with Crippen molar-refractivity contribution < 1.29 is 14.2 Å². The lowest BCUT2D eigenvalue weighted by atomic mass is 10.0. The highest BCUT2D eigenvalue weighted by molar-refractivity contribution is 5.39. The average Bonchev–Trinajstić information content (AvgIpc) is 2.76. The summed E-state index contributed by atoms with van der Waals surface area (Å²) in [7, 11) is 1.40. The molecular formula is C12H14FN3O2. The Labute approximate surface area is 103 Å². The lowest BCUT2D eigenvalue weighted by Gasteiger charge is -2.10. The summed E-state index contributed by atoms with van der Waals surface area (Å²) < 4.78 is 18.3. The van der Waals surface area contributed by atoms with Crippen LogP contribution >= 0.6 is 0 Å². The third-order valence-electron chi connectivity index (χ3n) is 2.70. The highest BCUT2D eigenvalue weighted by Crippen LogP contribution is 2.24. The number of aromatic amines is 1. The largest absolute Gasteiger partial charge is 0.494 e. The molecule has 0 radical (unpaired) electrons. The van der Waals surface area contributed by atoms with E-state index < -0.39 is 11.9 Å². The molecule has 0 amide bonds. The molecule has 0 aliphatic heterocycles. The van der Waals surface area contributed by atoms with Gasteiger partial charge >= 0.3 is 0 Å². The minimum absolute atomic E-state index is 0.177. The van der Waals surface area contributed by atoms with Crippen molar-refractivity contribution in [2.45, 2.75) is 12.5 Å². The number of aliphatic hydroxyl groups excluding tert-OH is 1. The van der Waals surface area contributed by atoms with E-state index in [9.17, 15) is 9.50 Å². The molecule has 18 heavy (non-hydrogen) atoms. The molecule has 1 aromatic carbocycles. The number of methoxy groups -OCH3 is 1. The minimum atomic E-state index is -0.823. The van der Waals surface area contributed by atoms with Gasteiger partial charge in [0, 0.05) is 12.0 Å². The van der Waals surface area contributed by atoms with Crippen molar-refractivity contribution in [1.82, 2.24) is 10.2 Å². The first kappa shape index (κ1) is 12.4. The molecule has 0 saturated carbocycles. The van der Waals surface area contributed by atoms with Gasteiger partial charge in [0.25, 0.3) is 0 Å². The van der Waals surface area contributed by atoms with E-state index in [0.717, 1.165) is 0 Å². The second-order valence-electron chi connectivity index (χ2n) is 3.93. The first-order valence-electron chi connectivity index (χ1n) is 5.41. The highest BCUT2D eigenvalue weighted by Gasteiger charge is 2.14. The lowest BCUT2D eigenvalue weighted by Crippen LogP contribution is -2.04. The van der Waals surface area contributed by atoms with E-state index in [1.165, 1.54) is 25.4 Å². The van der Waals surface area contributed by atoms with Crippen LogP contribution in [0.1, 0.15) is 17.2 Å². The molecule has 0 saturated heterocycles. The smallest absolute Gasteiger partial charge is 0.165 e. The van der Waals surface area contributed by atoms with E-state index in [-0.39, 0.29) is 12.2 Å². The van der Waals surface area contributed by atoms with Gasteiger partial charge < -0.3 is 15.6 Å². The highest BCUT2D eigenvalue weighted by atomic mass is 19.1. The van der Waals surface area contributed by atoms with Gasteiger partial charge in [-0.25, -0.2) is 4.39 Å². The maximum absolute atomic E-state index is 13.5. The Bertz CT molecular complexity index is 542. The number of ether oxygens (including phenoxy) is 1. The predicted octanol–water partition coefficient (Wildman–Crippen LogP) is 1.42. The van der Waals surface area contributed by atoms with Crippen molar-refractivity contribution in [3.05, 3.63) is 41.3 Å². The number of halogens is 1. The lowest BCUT2D eigenvalue weighted by molar-refractivity contribution is 0.179. The summed E-state index contributed by atoms with van der Waals surface area (Å²) in [4.78, 5) is 0. The topological polar surface area (TPSA) is 84.2 Å². The number of nitrogen functional groups attached to an aromatic ring is 1. The van der Waals surface area contributed by atoms with Crippen LogP contribution in [0.25, 0.3) is 0 Å². The van der Waals surface area contributed by atoms with Crippen LogP contribution in [0.15, 0.2) is 24.4 Å². The average molecular weight is 251 g/mol. The fourth-order valence-electron chi connectivity index (χ4n) is 1.74. The van der Waals surface area contributed by atoms with E-state index in [1.807, 2.05) is 0 Å². The first-order chi connectivity index (χ1) is 8.61. The maximum Gasteiger partial charge on any atom is 0.165 e. The number of anilines is 1. The molecule has 1 atom stereocenters. The molecule has 0 fully saturated rings. The molecule has 6 heteroatoms. The van der Waals surface area contributed by atoms with Crippen molar-refractivity contribution in [1.29, 1.82) is 0 Å². The molecule has 1 unspecified atom stereocenters. The molecule has 5 nitrogen and oxygen atoms in total. The van der Waals surface area contributed by atoms with E-state index in [1.54, 1.807) is 6.07 Å². The van der Waals surface area contributed by atoms with Gasteiger partial charge in [-0.3, -0.25) is 5.10 Å². The maximum atomic E-state index is 13.5. The summed E-state index contributed by atoms with van der Waals surface area (Å²) in [6, 6.07) is 4.55. The molecule has 0 aliphatic rings. The molecule has 4 N–H and O–H groups in total. The number of benzene rings is 1. The van der Waals surface area contributed by atoms with Crippen molar-refractivity contribution >= 4 is 5.82 Å². The van der Waals surface area contributed by atoms with E-state index in [0.29, 0.717) is 16.9 Å². The van der Waals surface area contributed by atoms with Crippen LogP contribution in [0.2, 0.25) is 0 Å². The SMILES string of the molecule is COc1ccc(CC(O)c2cn[nH]c2N)cc1F. The number of aromatic nitrogens is 2. The summed E-state index contributed by atoms with van der Waals surface area (Å²) in [5.41, 5.74) is 6.76. The van der Waals surface area contributed by atoms with Crippen LogP contribution in [0.4, 0.5) is 10.2 Å². The Morgan fingerprint density at radius 1 is 1.56 bits per heavy atom. The van der Waals surface area contributed by atoms with Crippen LogP contribution in [-0.2, 0) is 6.42 Å². The zero-order chi connectivity index (χ0) is 13.1. The molecule has 0 spiro atoms. The zero-order valence-corrected chi connectivity index (χ0v) is 9.85. The molecule has 96 valence electrons. The van der Waals surface area contributed by atoms with Crippen molar-refractivity contribution in [2.75, 3.05) is 12.8 Å². The number of H-pyrrole nitrogens is 1. The predicted molar refractivity (Wildman–Crippen MR) is 64.6 cm³/mol. The van der Waals surface area contributed by atoms with E-state index >= 15 is 0 Å². The van der Waals surface area contributed by atoms with Crippen molar-refractivity contribution in [2.24, 2.45) is 0 Å². The standard InChI is InChI=1S/C12H14FN3O2/c1-18-11-3-2-7(4-9(11)13)5-10(17)8-6-15-16-12(8)14/h2-4,6,10,17H,5H2,1H3,(H3,14,15,16). The van der Waals surface area contributed by atoms with Crippen molar-refractivity contribution in [3.8, 4) is 5.75 Å². The quantitative estimate of drug-likeness (QED) is 0.767. The number of aliphatic hydroxyl groups is 1. The monoisotopic (exact) mass is 251 g/mol. The fraction of sp³-hybridized carbons (Fsp3) is 0.250. The molecule has 1 aromatic heterocycles. The number of hydrogen-bond donors (Lipinski definition) is 3. The van der Waals surface area contributed by atoms with Gasteiger partial charge in [-0.15, -0.1) is 0 Å². The number of hydrogen-bond acceptors (Lipinski definition) is 4. The van der Waals surface area contributed by atoms with E-state index in [2.05, 4.69) is 10.2 Å². The van der Waals surface area contributed by atoms with Gasteiger partial charge in [0.05, 0.1) is 19.4 Å². The number of nitrogens with one attached hydrogen (secondary N) is 1. The molecule has 0 aliphatic carbocycles. The second-order valence-corrected chi connectivity index (χ2v) is 3.93. The van der Waals surface area contributed by atoms with Gasteiger partial charge in [0.1, 0.15) is 5.82 Å². The van der Waals surface area contributed by atoms with Crippen LogP contribution in [-0.4, -0.2) is 22.4 Å². The molecule has 2 aromatic rings. The summed E-state index contributed by atoms with van der Waals surface area (Å²) in [6.07, 6.45) is 0.890. The molecular weight excluding hydrogens is 237 g/mol. The third-order valence-corrected chi connectivity index (χ3v) is 2.70. The number of rotatable bonds is 4. The second kappa shape index (κ2) is 5.05. The Morgan fingerprint density at radius 2 is 2.33 bits per heavy atom. The fourth-order valence-corrected chi connectivity index (χ4v) is 1.74. The van der Waals surface area contributed by atoms with Gasteiger partial charge in [-0.1, -0.05) is 6.07 Å². The first-order valence-corrected chi connectivity index (χ1v) is 5.41. The van der Waals surface area contributed by atoms with Crippen LogP contribution in [0.5, 0.6) is 5.75 Å². The van der Waals surface area contributed by atoms with Crippen LogP contribution in [0.3, 0.4) is 0 Å². The van der Waals surface area contributed by atoms with E-state index in [4.69, 9.17) is 10.5 Å². The Kier molecular flexibility index (Phi) is 3.47. The molecule has 1 heterocycles. The van der Waals surface area contributed by atoms with Gasteiger partial charge in [-0.05, 0) is 17.7 Å². The Morgan fingerprint density at radius 3 is 2.89 bits per heavy atom. The summed E-state index contributed by atoms with van der Waals surface area (Å²) in [5.74, 6) is 0.0370.